The Bertz CT molecular complexity index is 2680. The highest BCUT2D eigenvalue weighted by Crippen LogP contribution is 2.38. The van der Waals surface area contributed by atoms with Gasteiger partial charge >= 0.3 is 0 Å². The van der Waals surface area contributed by atoms with Gasteiger partial charge in [-0.25, -0.2) is 0 Å². The maximum absolute atomic E-state index is 3.84. The summed E-state index contributed by atoms with van der Waals surface area (Å²) in [5, 5.41) is 5.11. The third kappa shape index (κ3) is 5.79. The Kier molecular flexibility index (Phi) is 7.73. The van der Waals surface area contributed by atoms with E-state index in [1.807, 2.05) is 0 Å². The summed E-state index contributed by atoms with van der Waals surface area (Å²) in [7, 11) is 0. The summed E-state index contributed by atoms with van der Waals surface area (Å²) in [5.74, 6) is 0. The predicted molar refractivity (Wildman–Crippen MR) is 225 cm³/mol. The highest BCUT2D eigenvalue weighted by Gasteiger charge is 2.16. The van der Waals surface area contributed by atoms with Crippen molar-refractivity contribution in [3.8, 4) is 44.5 Å². The summed E-state index contributed by atoms with van der Waals surface area (Å²) in [5.41, 5.74) is 17.5. The fraction of sp³-hybridized carbons (Fsp3) is 0.0588. The summed E-state index contributed by atoms with van der Waals surface area (Å²) < 4.78 is 0. The Labute approximate surface area is 309 Å². The van der Waals surface area contributed by atoms with Crippen molar-refractivity contribution in [3.63, 3.8) is 0 Å². The van der Waals surface area contributed by atoms with Gasteiger partial charge in [0.2, 0.25) is 0 Å². The molecule has 0 saturated carbocycles. The van der Waals surface area contributed by atoms with Gasteiger partial charge in [0.1, 0.15) is 0 Å². The quantitative estimate of drug-likeness (QED) is 0.160. The highest BCUT2D eigenvalue weighted by molar-refractivity contribution is 6.12. The second-order valence-corrected chi connectivity index (χ2v) is 14.2. The van der Waals surface area contributed by atoms with E-state index in [0.717, 1.165) is 19.3 Å². The molecule has 10 rings (SSSR count). The van der Waals surface area contributed by atoms with E-state index < -0.39 is 0 Å². The molecule has 0 spiro atoms. The third-order valence-electron chi connectivity index (χ3n) is 10.9. The third-order valence-corrected chi connectivity index (χ3v) is 10.9. The molecule has 53 heavy (non-hydrogen) atoms. The van der Waals surface area contributed by atoms with Gasteiger partial charge in [0.25, 0.3) is 0 Å². The Morgan fingerprint density at radius 2 is 0.623 bits per heavy atom. The van der Waals surface area contributed by atoms with Gasteiger partial charge in [-0.2, -0.15) is 0 Å². The largest absolute Gasteiger partial charge is 0.354 e. The summed E-state index contributed by atoms with van der Waals surface area (Å²) in [4.78, 5) is 7.69. The number of aromatic nitrogens is 2. The topological polar surface area (TPSA) is 31.6 Å². The van der Waals surface area contributed by atoms with E-state index in [1.54, 1.807) is 0 Å². The van der Waals surface area contributed by atoms with Crippen LogP contribution in [0.25, 0.3) is 88.1 Å². The maximum atomic E-state index is 3.84. The van der Waals surface area contributed by atoms with Crippen LogP contribution in [0, 0.1) is 0 Å². The molecule has 0 aliphatic carbocycles. The molecule has 0 aliphatic heterocycles. The Morgan fingerprint density at radius 1 is 0.283 bits per heavy atom. The first kappa shape index (κ1) is 31.1. The van der Waals surface area contributed by atoms with E-state index in [1.165, 1.54) is 99.2 Å². The second kappa shape index (κ2) is 13.2. The molecule has 0 radical (unpaired) electrons. The molecule has 0 unspecified atom stereocenters. The van der Waals surface area contributed by atoms with Gasteiger partial charge in [0.15, 0.2) is 0 Å². The van der Waals surface area contributed by atoms with Gasteiger partial charge in [-0.05, 0) is 123 Å². The number of H-pyrrole nitrogens is 2. The predicted octanol–water partition coefficient (Wildman–Crippen LogP) is 13.8. The van der Waals surface area contributed by atoms with E-state index >= 15 is 0 Å². The van der Waals surface area contributed by atoms with Crippen LogP contribution in [-0.4, -0.2) is 9.97 Å². The number of rotatable bonds is 8. The van der Waals surface area contributed by atoms with E-state index in [9.17, 15) is 0 Å². The Balaban J connectivity index is 1.06. The van der Waals surface area contributed by atoms with E-state index in [0.29, 0.717) is 0 Å². The van der Waals surface area contributed by atoms with Gasteiger partial charge in [-0.15, -0.1) is 0 Å². The van der Waals surface area contributed by atoms with Crippen molar-refractivity contribution in [3.05, 3.63) is 193 Å². The van der Waals surface area contributed by atoms with Crippen LogP contribution in [0.3, 0.4) is 0 Å². The van der Waals surface area contributed by atoms with Crippen molar-refractivity contribution in [1.29, 1.82) is 0 Å². The lowest BCUT2D eigenvalue weighted by atomic mass is 9.93. The van der Waals surface area contributed by atoms with Crippen LogP contribution in [0.15, 0.2) is 182 Å². The zero-order chi connectivity index (χ0) is 35.1. The van der Waals surface area contributed by atoms with Crippen molar-refractivity contribution >= 4 is 43.6 Å². The molecule has 0 saturated heterocycles. The first-order valence-electron chi connectivity index (χ1n) is 18.6. The number of aromatic amines is 2. The number of fused-ring (bicyclic) bond motifs is 6. The van der Waals surface area contributed by atoms with E-state index in [4.69, 9.17) is 0 Å². The molecule has 2 nitrogen and oxygen atoms in total. The maximum Gasteiger partial charge on any atom is 0.0497 e. The molecule has 0 aliphatic rings. The summed E-state index contributed by atoms with van der Waals surface area (Å²) >= 11 is 0. The molecule has 2 heteroatoms. The lowest BCUT2D eigenvalue weighted by Crippen LogP contribution is -1.95. The minimum absolute atomic E-state index is 0.963. The first-order chi connectivity index (χ1) is 26.2. The number of nitrogens with one attached hydrogen (secondary N) is 2. The van der Waals surface area contributed by atoms with Crippen molar-refractivity contribution in [2.75, 3.05) is 0 Å². The van der Waals surface area contributed by atoms with Crippen LogP contribution in [0.4, 0.5) is 0 Å². The van der Waals surface area contributed by atoms with Crippen LogP contribution in [0.2, 0.25) is 0 Å². The number of hydrogen-bond donors (Lipinski definition) is 2. The smallest absolute Gasteiger partial charge is 0.0497 e. The molecule has 2 N–H and O–H groups in total. The molecule has 8 aromatic carbocycles. The van der Waals surface area contributed by atoms with Crippen LogP contribution < -0.4 is 0 Å². The first-order valence-corrected chi connectivity index (χ1v) is 18.6. The van der Waals surface area contributed by atoms with Gasteiger partial charge in [0.05, 0.1) is 0 Å². The normalized spacial score (nSPS) is 11.6. The fourth-order valence-corrected chi connectivity index (χ4v) is 8.22. The Hall–Kier alpha value is -6.64. The summed E-state index contributed by atoms with van der Waals surface area (Å²) in [6.45, 7) is 0. The minimum Gasteiger partial charge on any atom is -0.354 e. The van der Waals surface area contributed by atoms with Crippen LogP contribution in [-0.2, 0) is 12.8 Å². The van der Waals surface area contributed by atoms with Gasteiger partial charge in [-0.1, -0.05) is 133 Å². The Morgan fingerprint density at radius 3 is 1.00 bits per heavy atom. The van der Waals surface area contributed by atoms with Crippen molar-refractivity contribution in [1.82, 2.24) is 9.97 Å². The standard InChI is InChI=1S/C51H38N2/c1-5-14-34(15-6-1)38-24-26-48-44(30-38)46-32-42(36-18-9-3-10-19-36)28-40(50(46)52-48)22-13-23-41-29-43(37-20-11-4-12-21-37)33-47-45-31-39(35-16-7-2-8-17-35)25-27-49(45)53-51(41)47/h1-12,14-21,24-33,52-53H,13,22-23H2. The number of benzene rings is 8. The van der Waals surface area contributed by atoms with Crippen molar-refractivity contribution < 1.29 is 0 Å². The number of hydrogen-bond acceptors (Lipinski definition) is 0. The molecule has 2 aromatic heterocycles. The zero-order valence-corrected chi connectivity index (χ0v) is 29.4. The van der Waals surface area contributed by atoms with Gasteiger partial charge < -0.3 is 9.97 Å². The van der Waals surface area contributed by atoms with Crippen LogP contribution in [0.1, 0.15) is 17.5 Å². The monoisotopic (exact) mass is 678 g/mol. The average Bonchev–Trinajstić information content (AvgIpc) is 3.80. The summed E-state index contributed by atoms with van der Waals surface area (Å²) in [6.07, 6.45) is 2.95. The molecular weight excluding hydrogens is 641 g/mol. The number of aryl methyl sites for hydroxylation is 2. The molecule has 0 bridgehead atoms. The molecule has 252 valence electrons. The summed E-state index contributed by atoms with van der Waals surface area (Å²) in [6, 6.07) is 66.2. The lowest BCUT2D eigenvalue weighted by Gasteiger charge is -2.11. The molecule has 10 aromatic rings. The fourth-order valence-electron chi connectivity index (χ4n) is 8.22. The zero-order valence-electron chi connectivity index (χ0n) is 29.4. The van der Waals surface area contributed by atoms with Crippen molar-refractivity contribution in [2.24, 2.45) is 0 Å². The average molecular weight is 679 g/mol. The molecule has 2 heterocycles. The van der Waals surface area contributed by atoms with Crippen molar-refractivity contribution in [2.45, 2.75) is 19.3 Å². The lowest BCUT2D eigenvalue weighted by molar-refractivity contribution is 0.828. The van der Waals surface area contributed by atoms with Gasteiger partial charge in [-0.3, -0.25) is 0 Å². The molecular formula is C51H38N2. The SMILES string of the molecule is c1ccc(-c2ccc3[nH]c4c(CCCc5cc(-c6ccccc6)cc6c5[nH]c5ccc(-c7ccccc7)cc56)cc(-c5ccccc5)cc4c3c2)cc1. The van der Waals surface area contributed by atoms with Gasteiger partial charge in [0, 0.05) is 43.6 Å². The van der Waals surface area contributed by atoms with Crippen LogP contribution >= 0.6 is 0 Å². The van der Waals surface area contributed by atoms with E-state index in [-0.39, 0.29) is 0 Å². The molecule has 0 amide bonds. The second-order valence-electron chi connectivity index (χ2n) is 14.2. The van der Waals surface area contributed by atoms with E-state index in [2.05, 4.69) is 192 Å². The molecule has 0 atom stereocenters. The van der Waals surface area contributed by atoms with Crippen LogP contribution in [0.5, 0.6) is 0 Å². The molecule has 0 fully saturated rings. The minimum atomic E-state index is 0.963. The highest BCUT2D eigenvalue weighted by atomic mass is 14.7.